The molecule has 1 heterocycles. The van der Waals surface area contributed by atoms with Crippen molar-refractivity contribution in [2.75, 3.05) is 19.0 Å². The topological polar surface area (TPSA) is 135 Å². The van der Waals surface area contributed by atoms with E-state index in [2.05, 4.69) is 10.5 Å². The van der Waals surface area contributed by atoms with Crippen LogP contribution in [0.4, 0.5) is 11.4 Å². The van der Waals surface area contributed by atoms with Crippen LogP contribution in [0.3, 0.4) is 0 Å². The van der Waals surface area contributed by atoms with Gasteiger partial charge in [0.15, 0.2) is 5.71 Å². The summed E-state index contributed by atoms with van der Waals surface area (Å²) in [5, 5.41) is 42.9. The lowest BCUT2D eigenvalue weighted by atomic mass is 9.94. The Bertz CT molecular complexity index is 625. The van der Waals surface area contributed by atoms with E-state index in [1.807, 2.05) is 0 Å². The molecule has 1 aromatic carbocycles. The first-order chi connectivity index (χ1) is 9.32. The van der Waals surface area contributed by atoms with E-state index < -0.39 is 10.8 Å². The predicted molar refractivity (Wildman–Crippen MR) is 72.0 cm³/mol. The first-order valence-electron chi connectivity index (χ1n) is 5.62. The van der Waals surface area contributed by atoms with Crippen LogP contribution in [-0.4, -0.2) is 46.6 Å². The molecule has 20 heavy (non-hydrogen) atoms. The molecule has 0 spiro atoms. The maximum Gasteiger partial charge on any atom is 0.297 e. The van der Waals surface area contributed by atoms with Crippen molar-refractivity contribution in [3.63, 3.8) is 0 Å². The average molecular weight is 279 g/mol. The van der Waals surface area contributed by atoms with E-state index in [-0.39, 0.29) is 28.4 Å². The molecule has 0 bridgehead atoms. The number of hydrazone groups is 1. The SMILES string of the molecule is CN/N=C1\C(=N)c2cccc([N+](=O)[O-])c2N(C)C1(O)O. The summed E-state index contributed by atoms with van der Waals surface area (Å²) in [4.78, 5) is 11.3. The monoisotopic (exact) mass is 279 g/mol. The molecule has 0 fully saturated rings. The lowest BCUT2D eigenvalue weighted by molar-refractivity contribution is -0.384. The molecule has 2 rings (SSSR count). The minimum atomic E-state index is -2.61. The third kappa shape index (κ3) is 1.80. The van der Waals surface area contributed by atoms with Gasteiger partial charge >= 0.3 is 0 Å². The number of anilines is 1. The number of nitro groups is 1. The minimum Gasteiger partial charge on any atom is -0.344 e. The highest BCUT2D eigenvalue weighted by Gasteiger charge is 2.47. The Morgan fingerprint density at radius 1 is 1.50 bits per heavy atom. The van der Waals surface area contributed by atoms with Crippen molar-refractivity contribution >= 4 is 22.8 Å². The summed E-state index contributed by atoms with van der Waals surface area (Å²) in [6, 6.07) is 4.15. The van der Waals surface area contributed by atoms with Crippen LogP contribution in [0.2, 0.25) is 0 Å². The van der Waals surface area contributed by atoms with Gasteiger partial charge in [0.2, 0.25) is 0 Å². The second kappa shape index (κ2) is 4.54. The van der Waals surface area contributed by atoms with E-state index in [4.69, 9.17) is 5.41 Å². The molecule has 106 valence electrons. The Morgan fingerprint density at radius 2 is 2.15 bits per heavy atom. The zero-order valence-electron chi connectivity index (χ0n) is 10.8. The van der Waals surface area contributed by atoms with Crippen molar-refractivity contribution in [1.29, 1.82) is 5.41 Å². The summed E-state index contributed by atoms with van der Waals surface area (Å²) in [6.45, 7) is 0. The van der Waals surface area contributed by atoms with Crippen molar-refractivity contribution < 1.29 is 15.1 Å². The van der Waals surface area contributed by atoms with Crippen molar-refractivity contribution in [3.05, 3.63) is 33.9 Å². The van der Waals surface area contributed by atoms with Crippen LogP contribution < -0.4 is 10.3 Å². The molecule has 0 aromatic heterocycles. The first-order valence-corrected chi connectivity index (χ1v) is 5.62. The number of benzene rings is 1. The zero-order chi connectivity index (χ0) is 15.1. The Morgan fingerprint density at radius 3 is 2.70 bits per heavy atom. The molecule has 1 aliphatic heterocycles. The Labute approximate surface area is 113 Å². The summed E-state index contributed by atoms with van der Waals surface area (Å²) in [6.07, 6.45) is 0. The van der Waals surface area contributed by atoms with Gasteiger partial charge in [-0.1, -0.05) is 12.1 Å². The van der Waals surface area contributed by atoms with E-state index in [0.717, 1.165) is 4.90 Å². The van der Waals surface area contributed by atoms with E-state index in [1.54, 1.807) is 0 Å². The Hall–Kier alpha value is -2.52. The highest BCUT2D eigenvalue weighted by Crippen LogP contribution is 2.38. The van der Waals surface area contributed by atoms with Gasteiger partial charge in [-0.3, -0.25) is 15.5 Å². The molecule has 0 atom stereocenters. The molecule has 4 N–H and O–H groups in total. The van der Waals surface area contributed by atoms with E-state index in [0.29, 0.717) is 0 Å². The van der Waals surface area contributed by atoms with E-state index >= 15 is 0 Å². The molecule has 0 radical (unpaired) electrons. The molecular formula is C11H13N5O4. The van der Waals surface area contributed by atoms with Gasteiger partial charge in [-0.25, -0.2) is 0 Å². The molecule has 0 saturated carbocycles. The maximum absolute atomic E-state index is 11.0. The number of hydrogen-bond donors (Lipinski definition) is 4. The van der Waals surface area contributed by atoms with Crippen molar-refractivity contribution in [2.45, 2.75) is 5.91 Å². The fourth-order valence-electron chi connectivity index (χ4n) is 2.09. The van der Waals surface area contributed by atoms with Gasteiger partial charge in [-0.2, -0.15) is 5.10 Å². The molecule has 0 amide bonds. The average Bonchev–Trinajstić information content (AvgIpc) is 2.40. The molecular weight excluding hydrogens is 266 g/mol. The number of hydrogen-bond acceptors (Lipinski definition) is 8. The van der Waals surface area contributed by atoms with E-state index in [1.165, 1.54) is 32.3 Å². The highest BCUT2D eigenvalue weighted by molar-refractivity contribution is 6.52. The predicted octanol–water partition coefficient (Wildman–Crippen LogP) is -0.374. The van der Waals surface area contributed by atoms with Crippen LogP contribution in [0.15, 0.2) is 23.3 Å². The largest absolute Gasteiger partial charge is 0.344 e. The number of para-hydroxylation sites is 1. The minimum absolute atomic E-state index is 0.0393. The number of nitrogens with zero attached hydrogens (tertiary/aromatic N) is 3. The van der Waals surface area contributed by atoms with Gasteiger partial charge in [-0.05, 0) is 0 Å². The second-order valence-corrected chi connectivity index (χ2v) is 4.18. The molecule has 0 unspecified atom stereocenters. The summed E-state index contributed by atoms with van der Waals surface area (Å²) in [5.41, 5.74) is 1.60. The molecule has 0 saturated heterocycles. The van der Waals surface area contributed by atoms with Gasteiger partial charge in [0, 0.05) is 25.7 Å². The fourth-order valence-corrected chi connectivity index (χ4v) is 2.09. The zero-order valence-corrected chi connectivity index (χ0v) is 10.8. The normalized spacial score (nSPS) is 18.9. The van der Waals surface area contributed by atoms with Crippen molar-refractivity contribution in [2.24, 2.45) is 5.10 Å². The Kier molecular flexibility index (Phi) is 3.16. The third-order valence-electron chi connectivity index (χ3n) is 3.06. The number of aliphatic hydroxyl groups is 2. The number of rotatable bonds is 2. The van der Waals surface area contributed by atoms with Crippen LogP contribution in [0.1, 0.15) is 5.56 Å². The first kappa shape index (κ1) is 13.9. The quantitative estimate of drug-likeness (QED) is 0.331. The lowest BCUT2D eigenvalue weighted by Gasteiger charge is -2.39. The van der Waals surface area contributed by atoms with E-state index in [9.17, 15) is 20.3 Å². The van der Waals surface area contributed by atoms with Gasteiger partial charge in [0.25, 0.3) is 11.6 Å². The van der Waals surface area contributed by atoms with Crippen molar-refractivity contribution in [1.82, 2.24) is 5.43 Å². The van der Waals surface area contributed by atoms with Crippen LogP contribution in [0.25, 0.3) is 0 Å². The van der Waals surface area contributed by atoms with Gasteiger partial charge in [-0.15, -0.1) is 0 Å². The van der Waals surface area contributed by atoms with Crippen LogP contribution in [0.5, 0.6) is 0 Å². The van der Waals surface area contributed by atoms with Gasteiger partial charge < -0.3 is 20.5 Å². The van der Waals surface area contributed by atoms with Crippen LogP contribution >= 0.6 is 0 Å². The summed E-state index contributed by atoms with van der Waals surface area (Å²) in [5.74, 6) is -2.61. The maximum atomic E-state index is 11.0. The highest BCUT2D eigenvalue weighted by atomic mass is 16.6. The molecule has 9 nitrogen and oxygen atoms in total. The van der Waals surface area contributed by atoms with Gasteiger partial charge in [0.05, 0.1) is 10.6 Å². The second-order valence-electron chi connectivity index (χ2n) is 4.18. The molecule has 0 aliphatic carbocycles. The van der Waals surface area contributed by atoms with Crippen LogP contribution in [0, 0.1) is 15.5 Å². The summed E-state index contributed by atoms with van der Waals surface area (Å²) < 4.78 is 0. The third-order valence-corrected chi connectivity index (χ3v) is 3.06. The smallest absolute Gasteiger partial charge is 0.297 e. The summed E-state index contributed by atoms with van der Waals surface area (Å²) in [7, 11) is 2.72. The van der Waals surface area contributed by atoms with Crippen LogP contribution in [-0.2, 0) is 0 Å². The number of nitrogens with one attached hydrogen (secondary N) is 2. The van der Waals surface area contributed by atoms with Gasteiger partial charge in [0.1, 0.15) is 5.69 Å². The lowest BCUT2D eigenvalue weighted by Crippen LogP contribution is -2.59. The number of nitro benzene ring substituents is 1. The molecule has 1 aliphatic rings. The molecule has 9 heteroatoms. The number of fused-ring (bicyclic) bond motifs is 1. The Balaban J connectivity index is 2.77. The summed E-state index contributed by atoms with van der Waals surface area (Å²) >= 11 is 0. The molecule has 1 aromatic rings. The van der Waals surface area contributed by atoms with Crippen molar-refractivity contribution in [3.8, 4) is 0 Å². The fraction of sp³-hybridized carbons (Fsp3) is 0.273. The standard InChI is InChI=1S/C11H13N5O4/c1-13-14-10-8(12)6-4-3-5-7(16(19)20)9(6)15(2)11(10,17)18/h3-5,12-13,17-18H,1-2H3/b12-8?,14-10+.